The van der Waals surface area contributed by atoms with Gasteiger partial charge in [0.25, 0.3) is 5.91 Å². The molecule has 0 radical (unpaired) electrons. The van der Waals surface area contributed by atoms with Crippen LogP contribution in [0, 0.1) is 37.5 Å². The van der Waals surface area contributed by atoms with E-state index in [0.717, 1.165) is 16.8 Å². The fraction of sp³-hybridized carbons (Fsp3) is 0.621. The van der Waals surface area contributed by atoms with Crippen molar-refractivity contribution in [1.82, 2.24) is 4.90 Å². The Morgan fingerprint density at radius 2 is 1.92 bits per heavy atom. The Bertz CT molecular complexity index is 1100. The second kappa shape index (κ2) is 9.55. The van der Waals surface area contributed by atoms with E-state index in [2.05, 4.69) is 6.58 Å². The minimum Gasteiger partial charge on any atom is -0.481 e. The highest BCUT2D eigenvalue weighted by Gasteiger charge is 2.80. The van der Waals surface area contributed by atoms with Gasteiger partial charge in [0.2, 0.25) is 5.91 Å². The molecule has 3 heterocycles. The maximum Gasteiger partial charge on any atom is 0.310 e. The summed E-state index contributed by atoms with van der Waals surface area (Å²) < 4.78 is 6.62. The summed E-state index contributed by atoms with van der Waals surface area (Å²) in [5.41, 5.74) is 0.199. The number of aliphatic hydroxyl groups excluding tert-OH is 1. The van der Waals surface area contributed by atoms with E-state index in [9.17, 15) is 24.6 Å². The van der Waals surface area contributed by atoms with Crippen molar-refractivity contribution in [2.75, 3.05) is 18.1 Å². The second-order valence-electron chi connectivity index (χ2n) is 11.7. The highest BCUT2D eigenvalue weighted by molar-refractivity contribution is 6.05. The molecule has 3 fully saturated rings. The number of nitrogens with zero attached hydrogens (tertiary/aromatic N) is 2. The Morgan fingerprint density at radius 1 is 1.30 bits per heavy atom. The number of carboxylic acids is 1. The number of fused-ring (bicyclic) bond motifs is 1. The first-order chi connectivity index (χ1) is 17.4. The van der Waals surface area contributed by atoms with E-state index in [1.165, 1.54) is 4.90 Å². The van der Waals surface area contributed by atoms with Crippen molar-refractivity contribution in [2.24, 2.45) is 23.7 Å². The third kappa shape index (κ3) is 3.91. The lowest BCUT2D eigenvalue weighted by molar-refractivity contribution is -0.157. The summed E-state index contributed by atoms with van der Waals surface area (Å²) in [5.74, 6) is -3.94. The van der Waals surface area contributed by atoms with E-state index < -0.39 is 47.0 Å². The number of hydrogen-bond donors (Lipinski definition) is 2. The molecule has 3 aliphatic heterocycles. The molecule has 8 nitrogen and oxygen atoms in total. The molecule has 8 heteroatoms. The van der Waals surface area contributed by atoms with Gasteiger partial charge in [-0.2, -0.15) is 0 Å². The lowest BCUT2D eigenvalue weighted by atomic mass is 9.62. The summed E-state index contributed by atoms with van der Waals surface area (Å²) in [6, 6.07) is 4.09. The first kappa shape index (κ1) is 27.3. The van der Waals surface area contributed by atoms with Crippen LogP contribution in [-0.4, -0.2) is 69.3 Å². The number of para-hydroxylation sites is 1. The van der Waals surface area contributed by atoms with Crippen molar-refractivity contribution < 1.29 is 29.3 Å². The highest BCUT2D eigenvalue weighted by atomic mass is 16.5. The van der Waals surface area contributed by atoms with Gasteiger partial charge in [0.1, 0.15) is 17.6 Å². The number of carbonyl (C=O) groups is 3. The van der Waals surface area contributed by atoms with E-state index in [-0.39, 0.29) is 30.9 Å². The average molecular weight is 513 g/mol. The number of amides is 2. The van der Waals surface area contributed by atoms with Crippen molar-refractivity contribution in [3.8, 4) is 0 Å². The highest BCUT2D eigenvalue weighted by Crippen LogP contribution is 2.65. The first-order valence-corrected chi connectivity index (χ1v) is 13.2. The third-order valence-corrected chi connectivity index (χ3v) is 8.89. The van der Waals surface area contributed by atoms with Crippen LogP contribution in [-0.2, 0) is 19.1 Å². The smallest absolute Gasteiger partial charge is 0.310 e. The van der Waals surface area contributed by atoms with Gasteiger partial charge in [-0.05, 0) is 56.6 Å². The maximum absolute atomic E-state index is 14.7. The predicted molar refractivity (Wildman–Crippen MR) is 140 cm³/mol. The monoisotopic (exact) mass is 512 g/mol. The van der Waals surface area contributed by atoms with Gasteiger partial charge in [0.15, 0.2) is 0 Å². The minimum atomic E-state index is -1.29. The van der Waals surface area contributed by atoms with Crippen LogP contribution in [0.2, 0.25) is 0 Å². The Balaban J connectivity index is 1.92. The molecule has 1 spiro atoms. The van der Waals surface area contributed by atoms with E-state index in [4.69, 9.17) is 4.74 Å². The standard InChI is InChI=1S/C29H40N2O6/c1-8-12-30(23-17(4)10-9-11-18(23)5)26(34)24-29-14-19(6)28(7,37-29)22(27(35)36)21(29)25(33)31(24)20(15-32)13-16(2)3/h8-11,16,19-22,24,32H,1,12-15H2,2-7H3,(H,35,36)/t19?,20-,21+,22-,24?,28+,29?/m1/s1. The summed E-state index contributed by atoms with van der Waals surface area (Å²) in [6.07, 6.45) is 2.52. The number of aliphatic hydroxyl groups is 1. The summed E-state index contributed by atoms with van der Waals surface area (Å²) in [7, 11) is 0. The minimum absolute atomic E-state index is 0.144. The molecule has 2 amide bonds. The number of anilines is 1. The number of ether oxygens (including phenoxy) is 1. The first-order valence-electron chi connectivity index (χ1n) is 13.2. The predicted octanol–water partition coefficient (Wildman–Crippen LogP) is 3.32. The van der Waals surface area contributed by atoms with Crippen LogP contribution in [0.4, 0.5) is 5.69 Å². The molecule has 4 rings (SSSR count). The van der Waals surface area contributed by atoms with Crippen LogP contribution >= 0.6 is 0 Å². The number of carbonyl (C=O) groups excluding carboxylic acids is 2. The van der Waals surface area contributed by atoms with Crippen LogP contribution in [0.3, 0.4) is 0 Å². The van der Waals surface area contributed by atoms with E-state index >= 15 is 0 Å². The fourth-order valence-electron chi connectivity index (χ4n) is 7.35. The molecule has 3 unspecified atom stereocenters. The van der Waals surface area contributed by atoms with Gasteiger partial charge in [-0.25, -0.2) is 0 Å². The lowest BCUT2D eigenvalue weighted by Gasteiger charge is -2.40. The van der Waals surface area contributed by atoms with Gasteiger partial charge < -0.3 is 24.7 Å². The Kier molecular flexibility index (Phi) is 7.05. The molecule has 2 N–H and O–H groups in total. The average Bonchev–Trinajstić information content (AvgIpc) is 3.33. The van der Waals surface area contributed by atoms with Crippen LogP contribution in [0.15, 0.2) is 30.9 Å². The van der Waals surface area contributed by atoms with Crippen LogP contribution in [0.1, 0.15) is 51.7 Å². The van der Waals surface area contributed by atoms with Gasteiger partial charge in [-0.3, -0.25) is 14.4 Å². The molecular formula is C29H40N2O6. The SMILES string of the molecule is C=CCN(C(=O)C1N([C@@H](CO)CC(C)C)C(=O)[C@@H]2[C@H](C(=O)O)[C@@]3(C)OC12CC3C)c1c(C)cccc1C. The Hall–Kier alpha value is -2.71. The maximum atomic E-state index is 14.7. The normalized spacial score (nSPS) is 33.1. The molecule has 7 atom stereocenters. The molecule has 3 saturated heterocycles. The lowest BCUT2D eigenvalue weighted by Crippen LogP contribution is -2.59. The summed E-state index contributed by atoms with van der Waals surface area (Å²) >= 11 is 0. The van der Waals surface area contributed by atoms with Crippen molar-refractivity contribution in [2.45, 2.75) is 77.7 Å². The van der Waals surface area contributed by atoms with Crippen LogP contribution in [0.25, 0.3) is 0 Å². The second-order valence-corrected chi connectivity index (χ2v) is 11.7. The Labute approximate surface area is 219 Å². The van der Waals surface area contributed by atoms with Crippen LogP contribution < -0.4 is 4.90 Å². The van der Waals surface area contributed by atoms with Gasteiger partial charge in [-0.1, -0.05) is 45.0 Å². The number of carboxylic acid groups (broad SMARTS) is 1. The van der Waals surface area contributed by atoms with E-state index in [0.29, 0.717) is 12.8 Å². The quantitative estimate of drug-likeness (QED) is 0.492. The van der Waals surface area contributed by atoms with Gasteiger partial charge >= 0.3 is 5.97 Å². The third-order valence-electron chi connectivity index (χ3n) is 8.89. The zero-order chi connectivity index (χ0) is 27.4. The van der Waals surface area contributed by atoms with Crippen molar-refractivity contribution in [3.05, 3.63) is 42.0 Å². The molecule has 0 saturated carbocycles. The zero-order valence-electron chi connectivity index (χ0n) is 22.7. The van der Waals surface area contributed by atoms with Crippen LogP contribution in [0.5, 0.6) is 0 Å². The molecule has 0 aromatic heterocycles. The van der Waals surface area contributed by atoms with Crippen molar-refractivity contribution in [1.29, 1.82) is 0 Å². The topological polar surface area (TPSA) is 107 Å². The van der Waals surface area contributed by atoms with Gasteiger partial charge in [-0.15, -0.1) is 6.58 Å². The number of benzene rings is 1. The molecule has 0 aliphatic carbocycles. The number of hydrogen-bond acceptors (Lipinski definition) is 5. The Morgan fingerprint density at radius 3 is 2.43 bits per heavy atom. The molecular weight excluding hydrogens is 472 g/mol. The molecule has 2 bridgehead atoms. The van der Waals surface area contributed by atoms with E-state index in [1.54, 1.807) is 17.9 Å². The number of rotatable bonds is 9. The zero-order valence-corrected chi connectivity index (χ0v) is 22.7. The number of aryl methyl sites for hydroxylation is 2. The van der Waals surface area contributed by atoms with Gasteiger partial charge in [0, 0.05) is 12.2 Å². The molecule has 202 valence electrons. The van der Waals surface area contributed by atoms with Crippen molar-refractivity contribution >= 4 is 23.5 Å². The van der Waals surface area contributed by atoms with Crippen molar-refractivity contribution in [3.63, 3.8) is 0 Å². The molecule has 1 aromatic rings. The molecule has 37 heavy (non-hydrogen) atoms. The summed E-state index contributed by atoms with van der Waals surface area (Å²) in [4.78, 5) is 44.5. The van der Waals surface area contributed by atoms with Gasteiger partial charge in [0.05, 0.1) is 24.2 Å². The van der Waals surface area contributed by atoms with E-state index in [1.807, 2.05) is 52.8 Å². The largest absolute Gasteiger partial charge is 0.481 e. The number of likely N-dealkylation sites (tertiary alicyclic amines) is 1. The molecule has 3 aliphatic rings. The molecule has 1 aromatic carbocycles. The number of aliphatic carboxylic acids is 1. The fourth-order valence-corrected chi connectivity index (χ4v) is 7.35. The summed E-state index contributed by atoms with van der Waals surface area (Å²) in [6.45, 7) is 15.3. The summed E-state index contributed by atoms with van der Waals surface area (Å²) in [5, 5.41) is 20.7.